The third-order valence-corrected chi connectivity index (χ3v) is 2.73. The molecule has 0 bridgehead atoms. The van der Waals surface area contributed by atoms with E-state index in [1.165, 1.54) is 12.1 Å². The van der Waals surface area contributed by atoms with Crippen molar-refractivity contribution in [2.75, 3.05) is 20.2 Å². The summed E-state index contributed by atoms with van der Waals surface area (Å²) in [5.74, 6) is -1.82. The number of aliphatic hydroxyl groups is 1. The number of hydrogen-bond donors (Lipinski definition) is 3. The van der Waals surface area contributed by atoms with E-state index in [-0.39, 0.29) is 13.1 Å². The normalized spacial score (nSPS) is 11.4. The van der Waals surface area contributed by atoms with Crippen LogP contribution in [-0.4, -0.2) is 49.2 Å². The van der Waals surface area contributed by atoms with Crippen LogP contribution in [-0.2, 0) is 14.3 Å². The third-order valence-electron chi connectivity index (χ3n) is 2.48. The van der Waals surface area contributed by atoms with Gasteiger partial charge in [0.25, 0.3) is 5.91 Å². The summed E-state index contributed by atoms with van der Waals surface area (Å²) in [4.78, 5) is 34.0. The maximum atomic E-state index is 11.7. The van der Waals surface area contributed by atoms with E-state index in [1.54, 1.807) is 12.1 Å². The van der Waals surface area contributed by atoms with E-state index >= 15 is 0 Å². The first-order chi connectivity index (χ1) is 9.93. The molecule has 0 heterocycles. The molecule has 0 aromatic heterocycles. The topological polar surface area (TPSA) is 105 Å². The summed E-state index contributed by atoms with van der Waals surface area (Å²) in [6.07, 6.45) is -1.44. The lowest BCUT2D eigenvalue weighted by atomic mass is 10.2. The summed E-state index contributed by atoms with van der Waals surface area (Å²) in [5.41, 5.74) is 0.363. The van der Waals surface area contributed by atoms with E-state index in [9.17, 15) is 19.5 Å². The van der Waals surface area contributed by atoms with Gasteiger partial charge in [0.15, 0.2) is 6.10 Å². The number of methoxy groups -OCH3 is 1. The van der Waals surface area contributed by atoms with Crippen LogP contribution in [0.2, 0.25) is 5.02 Å². The molecule has 3 N–H and O–H groups in total. The summed E-state index contributed by atoms with van der Waals surface area (Å²) in [6, 6.07) is 6.17. The van der Waals surface area contributed by atoms with Crippen molar-refractivity contribution in [1.29, 1.82) is 0 Å². The van der Waals surface area contributed by atoms with Crippen LogP contribution in [0.3, 0.4) is 0 Å². The van der Waals surface area contributed by atoms with Crippen LogP contribution in [0, 0.1) is 0 Å². The molecule has 2 amide bonds. The van der Waals surface area contributed by atoms with Gasteiger partial charge in [-0.25, -0.2) is 4.79 Å². The number of aliphatic hydroxyl groups excluding tert-OH is 1. The first-order valence-electron chi connectivity index (χ1n) is 6.00. The highest BCUT2D eigenvalue weighted by Crippen LogP contribution is 2.09. The molecule has 0 aliphatic rings. The van der Waals surface area contributed by atoms with Gasteiger partial charge in [-0.3, -0.25) is 9.59 Å². The highest BCUT2D eigenvalue weighted by atomic mass is 35.5. The van der Waals surface area contributed by atoms with Gasteiger partial charge in [-0.2, -0.15) is 0 Å². The summed E-state index contributed by atoms with van der Waals surface area (Å²) in [6.45, 7) is -0.572. The first-order valence-corrected chi connectivity index (χ1v) is 6.38. The molecule has 1 unspecified atom stereocenters. The molecule has 1 rings (SSSR count). The van der Waals surface area contributed by atoms with Crippen molar-refractivity contribution in [3.63, 3.8) is 0 Å². The smallest absolute Gasteiger partial charge is 0.336 e. The first kappa shape index (κ1) is 16.9. The second-order valence-corrected chi connectivity index (χ2v) is 4.47. The molecule has 0 radical (unpaired) electrons. The van der Waals surface area contributed by atoms with E-state index in [0.717, 1.165) is 7.11 Å². The Kier molecular flexibility index (Phi) is 6.64. The SMILES string of the molecule is COC(=O)C(O)CNC(=O)CNC(=O)c1ccc(Cl)cc1. The fourth-order valence-electron chi connectivity index (χ4n) is 1.36. The highest BCUT2D eigenvalue weighted by Gasteiger charge is 2.16. The molecule has 1 aromatic rings. The van der Waals surface area contributed by atoms with Crippen LogP contribution in [0.4, 0.5) is 0 Å². The van der Waals surface area contributed by atoms with Gasteiger partial charge >= 0.3 is 5.97 Å². The van der Waals surface area contributed by atoms with Gasteiger partial charge in [-0.1, -0.05) is 11.6 Å². The second-order valence-electron chi connectivity index (χ2n) is 4.03. The standard InChI is InChI=1S/C13H15ClN2O5/c1-21-13(20)10(17)6-15-11(18)7-16-12(19)8-2-4-9(14)5-3-8/h2-5,10,17H,6-7H2,1H3,(H,15,18)(H,16,19). The Bertz CT molecular complexity index is 518. The van der Waals surface area contributed by atoms with Crippen molar-refractivity contribution in [3.05, 3.63) is 34.9 Å². The summed E-state index contributed by atoms with van der Waals surface area (Å²) in [5, 5.41) is 14.4. The number of ether oxygens (including phenoxy) is 1. The average molecular weight is 315 g/mol. The molecule has 0 saturated carbocycles. The Morgan fingerprint density at radius 3 is 2.43 bits per heavy atom. The molecule has 21 heavy (non-hydrogen) atoms. The van der Waals surface area contributed by atoms with E-state index in [0.29, 0.717) is 10.6 Å². The largest absolute Gasteiger partial charge is 0.467 e. The zero-order valence-corrected chi connectivity index (χ0v) is 12.0. The quantitative estimate of drug-likeness (QED) is 0.626. The van der Waals surface area contributed by atoms with Crippen LogP contribution >= 0.6 is 11.6 Å². The van der Waals surface area contributed by atoms with Crippen LogP contribution in [0.5, 0.6) is 0 Å². The summed E-state index contributed by atoms with van der Waals surface area (Å²) < 4.78 is 4.29. The van der Waals surface area contributed by atoms with E-state index in [4.69, 9.17) is 11.6 Å². The Balaban J connectivity index is 2.34. The lowest BCUT2D eigenvalue weighted by Gasteiger charge is -2.10. The molecule has 0 fully saturated rings. The number of halogens is 1. The van der Waals surface area contributed by atoms with E-state index < -0.39 is 23.9 Å². The minimum Gasteiger partial charge on any atom is -0.467 e. The zero-order chi connectivity index (χ0) is 15.8. The van der Waals surface area contributed by atoms with Crippen LogP contribution in [0.25, 0.3) is 0 Å². The summed E-state index contributed by atoms with van der Waals surface area (Å²) in [7, 11) is 1.12. The number of nitrogens with one attached hydrogen (secondary N) is 2. The van der Waals surface area contributed by atoms with Gasteiger partial charge in [-0.15, -0.1) is 0 Å². The molecule has 7 nitrogen and oxygen atoms in total. The predicted octanol–water partition coefficient (Wildman–Crippen LogP) is -0.280. The molecule has 1 aromatic carbocycles. The number of rotatable bonds is 6. The van der Waals surface area contributed by atoms with Gasteiger partial charge < -0.3 is 20.5 Å². The predicted molar refractivity (Wildman–Crippen MR) is 74.8 cm³/mol. The Labute approximate surface area is 126 Å². The number of amides is 2. The maximum absolute atomic E-state index is 11.7. The lowest BCUT2D eigenvalue weighted by molar-refractivity contribution is -0.150. The minimum atomic E-state index is -1.44. The molecule has 0 aliphatic heterocycles. The zero-order valence-electron chi connectivity index (χ0n) is 11.3. The number of benzene rings is 1. The molecule has 8 heteroatoms. The van der Waals surface area contributed by atoms with Crippen molar-refractivity contribution in [2.24, 2.45) is 0 Å². The molecular formula is C13H15ClN2O5. The molecular weight excluding hydrogens is 300 g/mol. The van der Waals surface area contributed by atoms with Crippen molar-refractivity contribution < 1.29 is 24.2 Å². The fraction of sp³-hybridized carbons (Fsp3) is 0.308. The van der Waals surface area contributed by atoms with Gasteiger partial charge in [0.1, 0.15) is 0 Å². The number of hydrogen-bond acceptors (Lipinski definition) is 5. The fourth-order valence-corrected chi connectivity index (χ4v) is 1.48. The van der Waals surface area contributed by atoms with E-state index in [1.807, 2.05) is 0 Å². The van der Waals surface area contributed by atoms with Crippen LogP contribution < -0.4 is 10.6 Å². The van der Waals surface area contributed by atoms with Gasteiger partial charge in [0.05, 0.1) is 20.2 Å². The molecule has 0 saturated heterocycles. The van der Waals surface area contributed by atoms with Crippen LogP contribution in [0.15, 0.2) is 24.3 Å². The molecule has 1 atom stereocenters. The van der Waals surface area contributed by atoms with Crippen molar-refractivity contribution in [2.45, 2.75) is 6.10 Å². The van der Waals surface area contributed by atoms with Crippen LogP contribution in [0.1, 0.15) is 10.4 Å². The molecule has 0 spiro atoms. The lowest BCUT2D eigenvalue weighted by Crippen LogP contribution is -2.42. The molecule has 0 aliphatic carbocycles. The Hall–Kier alpha value is -2.12. The molecule has 114 valence electrons. The minimum absolute atomic E-state index is 0.282. The van der Waals surface area contributed by atoms with Crippen molar-refractivity contribution in [1.82, 2.24) is 10.6 Å². The monoisotopic (exact) mass is 314 g/mol. The van der Waals surface area contributed by atoms with Crippen molar-refractivity contribution >= 4 is 29.4 Å². The number of carbonyl (C=O) groups excluding carboxylic acids is 3. The van der Waals surface area contributed by atoms with E-state index in [2.05, 4.69) is 15.4 Å². The maximum Gasteiger partial charge on any atom is 0.336 e. The number of carbonyl (C=O) groups is 3. The van der Waals surface area contributed by atoms with Gasteiger partial charge in [-0.05, 0) is 24.3 Å². The number of esters is 1. The average Bonchev–Trinajstić information content (AvgIpc) is 2.49. The Morgan fingerprint density at radius 1 is 1.24 bits per heavy atom. The Morgan fingerprint density at radius 2 is 1.86 bits per heavy atom. The highest BCUT2D eigenvalue weighted by molar-refractivity contribution is 6.30. The third kappa shape index (κ3) is 5.80. The second kappa shape index (κ2) is 8.23. The van der Waals surface area contributed by atoms with Gasteiger partial charge in [0, 0.05) is 10.6 Å². The van der Waals surface area contributed by atoms with Gasteiger partial charge in [0.2, 0.25) is 5.91 Å². The summed E-state index contributed by atoms with van der Waals surface area (Å²) >= 11 is 5.69. The van der Waals surface area contributed by atoms with Crippen molar-refractivity contribution in [3.8, 4) is 0 Å².